The summed E-state index contributed by atoms with van der Waals surface area (Å²) in [4.78, 5) is 11.8. The molecule has 0 aliphatic heterocycles. The highest BCUT2D eigenvalue weighted by atomic mass is 32.2. The van der Waals surface area contributed by atoms with Crippen molar-refractivity contribution < 1.29 is 13.3 Å². The first kappa shape index (κ1) is 15.8. The lowest BCUT2D eigenvalue weighted by Crippen LogP contribution is -2.37. The summed E-state index contributed by atoms with van der Waals surface area (Å²) >= 11 is 0.682. The quantitative estimate of drug-likeness (QED) is 0.582. The van der Waals surface area contributed by atoms with Crippen molar-refractivity contribution in [3.63, 3.8) is 0 Å². The number of nitrogen functional groups attached to an aromatic ring is 1. The number of hydrogen-bond donors (Lipinski definition) is 2. The van der Waals surface area contributed by atoms with Gasteiger partial charge in [0, 0.05) is 18.7 Å². The van der Waals surface area contributed by atoms with Crippen LogP contribution >= 0.6 is 11.3 Å². The highest BCUT2D eigenvalue weighted by Gasteiger charge is 2.25. The lowest BCUT2D eigenvalue weighted by molar-refractivity contribution is -0.383. The van der Waals surface area contributed by atoms with Gasteiger partial charge >= 0.3 is 5.69 Å². The van der Waals surface area contributed by atoms with Crippen molar-refractivity contribution in [3.05, 3.63) is 16.2 Å². The molecule has 0 bridgehead atoms. The fourth-order valence-corrected chi connectivity index (χ4v) is 3.51. The predicted molar refractivity (Wildman–Crippen MR) is 73.7 cm³/mol. The van der Waals surface area contributed by atoms with Crippen LogP contribution in [0.1, 0.15) is 6.92 Å². The van der Waals surface area contributed by atoms with Gasteiger partial charge in [-0.05, 0) is 21.0 Å². The Morgan fingerprint density at radius 2 is 2.16 bits per heavy atom. The third kappa shape index (κ3) is 3.86. The zero-order valence-electron chi connectivity index (χ0n) is 10.8. The summed E-state index contributed by atoms with van der Waals surface area (Å²) < 4.78 is 26.1. The van der Waals surface area contributed by atoms with Gasteiger partial charge in [-0.15, -0.1) is 0 Å². The molecule has 10 heteroatoms. The van der Waals surface area contributed by atoms with Crippen LogP contribution in [0.2, 0.25) is 0 Å². The molecule has 0 fully saturated rings. The third-order valence-electron chi connectivity index (χ3n) is 2.63. The van der Waals surface area contributed by atoms with Gasteiger partial charge in [-0.1, -0.05) is 11.3 Å². The fourth-order valence-electron chi connectivity index (χ4n) is 1.13. The first-order valence-electron chi connectivity index (χ1n) is 5.35. The molecule has 1 rings (SSSR count). The molecular formula is C9H16N4O4S2. The molecule has 19 heavy (non-hydrogen) atoms. The molecule has 1 aromatic heterocycles. The van der Waals surface area contributed by atoms with Crippen LogP contribution in [-0.2, 0) is 10.0 Å². The number of anilines is 1. The van der Waals surface area contributed by atoms with Crippen molar-refractivity contribution in [2.75, 3.05) is 26.4 Å². The Morgan fingerprint density at radius 1 is 1.58 bits per heavy atom. The molecule has 0 amide bonds. The Labute approximate surface area is 115 Å². The monoisotopic (exact) mass is 308 g/mol. The molecule has 8 nitrogen and oxygen atoms in total. The van der Waals surface area contributed by atoms with E-state index in [4.69, 9.17) is 5.73 Å². The zero-order valence-corrected chi connectivity index (χ0v) is 12.4. The molecule has 3 N–H and O–H groups in total. The minimum Gasteiger partial charge on any atom is -0.385 e. The van der Waals surface area contributed by atoms with Crippen molar-refractivity contribution in [1.82, 2.24) is 9.62 Å². The smallest absolute Gasteiger partial charge is 0.304 e. The van der Waals surface area contributed by atoms with Crippen molar-refractivity contribution in [1.29, 1.82) is 0 Å². The molecule has 0 aliphatic rings. The van der Waals surface area contributed by atoms with Crippen LogP contribution in [0.25, 0.3) is 0 Å². The van der Waals surface area contributed by atoms with E-state index < -0.39 is 14.9 Å². The van der Waals surface area contributed by atoms with E-state index in [-0.39, 0.29) is 27.5 Å². The number of thiophene rings is 1. The van der Waals surface area contributed by atoms with Crippen molar-refractivity contribution in [2.24, 2.45) is 0 Å². The van der Waals surface area contributed by atoms with Crippen molar-refractivity contribution >= 4 is 32.0 Å². The van der Waals surface area contributed by atoms with Gasteiger partial charge in [0.15, 0.2) is 5.00 Å². The van der Waals surface area contributed by atoms with Crippen LogP contribution in [0, 0.1) is 10.1 Å². The van der Waals surface area contributed by atoms with E-state index in [2.05, 4.69) is 4.72 Å². The topological polar surface area (TPSA) is 119 Å². The lowest BCUT2D eigenvalue weighted by atomic mass is 10.3. The second-order valence-corrected chi connectivity index (χ2v) is 7.31. The summed E-state index contributed by atoms with van der Waals surface area (Å²) in [6.07, 6.45) is 0. The molecule has 0 spiro atoms. The van der Waals surface area contributed by atoms with Crippen LogP contribution in [0.15, 0.2) is 10.3 Å². The summed E-state index contributed by atoms with van der Waals surface area (Å²) in [5.74, 6) is 0. The summed E-state index contributed by atoms with van der Waals surface area (Å²) in [5, 5.41) is 10.5. The molecule has 1 atom stereocenters. The van der Waals surface area contributed by atoms with Gasteiger partial charge in [-0.3, -0.25) is 10.1 Å². The number of rotatable bonds is 6. The Morgan fingerprint density at radius 3 is 2.58 bits per heavy atom. The predicted octanol–water partition coefficient (Wildman–Crippen LogP) is 0.467. The van der Waals surface area contributed by atoms with E-state index in [1.54, 1.807) is 0 Å². The van der Waals surface area contributed by atoms with Crippen LogP contribution in [0.5, 0.6) is 0 Å². The highest BCUT2D eigenvalue weighted by Crippen LogP contribution is 2.34. The summed E-state index contributed by atoms with van der Waals surface area (Å²) in [6.45, 7) is 2.06. The van der Waals surface area contributed by atoms with Crippen molar-refractivity contribution in [2.45, 2.75) is 17.2 Å². The van der Waals surface area contributed by atoms with E-state index in [0.717, 1.165) is 6.07 Å². The number of nitrogens with one attached hydrogen (secondary N) is 1. The maximum absolute atomic E-state index is 12.0. The van der Waals surface area contributed by atoms with Crippen molar-refractivity contribution in [3.8, 4) is 0 Å². The molecule has 1 aromatic rings. The fraction of sp³-hybridized carbons (Fsp3) is 0.556. The van der Waals surface area contributed by atoms with Crippen LogP contribution in [-0.4, -0.2) is 44.9 Å². The Balaban J connectivity index is 2.89. The van der Waals surface area contributed by atoms with Gasteiger partial charge < -0.3 is 10.6 Å². The molecule has 0 aromatic carbocycles. The maximum atomic E-state index is 12.0. The highest BCUT2D eigenvalue weighted by molar-refractivity contribution is 7.91. The molecule has 0 saturated carbocycles. The molecule has 0 radical (unpaired) electrons. The molecule has 1 unspecified atom stereocenters. The minimum absolute atomic E-state index is 0.00192. The van der Waals surface area contributed by atoms with Crippen LogP contribution < -0.4 is 10.5 Å². The number of nitrogens with zero attached hydrogens (tertiary/aromatic N) is 2. The lowest BCUT2D eigenvalue weighted by Gasteiger charge is -2.19. The van der Waals surface area contributed by atoms with Gasteiger partial charge in [-0.25, -0.2) is 13.1 Å². The number of sulfonamides is 1. The minimum atomic E-state index is -3.77. The molecule has 0 saturated heterocycles. The van der Waals surface area contributed by atoms with E-state index in [9.17, 15) is 18.5 Å². The normalized spacial score (nSPS) is 13.7. The van der Waals surface area contributed by atoms with E-state index in [1.807, 2.05) is 25.9 Å². The number of likely N-dealkylation sites (N-methyl/N-ethyl adjacent to an activating group) is 1. The van der Waals surface area contributed by atoms with Crippen LogP contribution in [0.3, 0.4) is 0 Å². The van der Waals surface area contributed by atoms with Gasteiger partial charge in [0.2, 0.25) is 10.0 Å². The number of nitro groups is 1. The Kier molecular flexibility index (Phi) is 4.85. The molecule has 108 valence electrons. The van der Waals surface area contributed by atoms with E-state index in [1.165, 1.54) is 0 Å². The summed E-state index contributed by atoms with van der Waals surface area (Å²) in [6, 6.07) is 0.977. The zero-order chi connectivity index (χ0) is 14.8. The van der Waals surface area contributed by atoms with Gasteiger partial charge in [0.1, 0.15) is 4.21 Å². The molecular weight excluding hydrogens is 292 g/mol. The first-order chi connectivity index (χ1) is 8.65. The third-order valence-corrected chi connectivity index (χ3v) is 5.48. The second-order valence-electron chi connectivity index (χ2n) is 4.24. The van der Waals surface area contributed by atoms with Gasteiger partial charge in [0.05, 0.1) is 4.92 Å². The van der Waals surface area contributed by atoms with Gasteiger partial charge in [0.25, 0.3) is 0 Å². The second kappa shape index (κ2) is 5.82. The van der Waals surface area contributed by atoms with E-state index in [0.29, 0.717) is 11.3 Å². The first-order valence-corrected chi connectivity index (χ1v) is 7.65. The molecule has 1 heterocycles. The summed E-state index contributed by atoms with van der Waals surface area (Å²) in [7, 11) is -0.114. The average molecular weight is 308 g/mol. The standard InChI is InChI=1S/C9H16N4O4S2/c1-6(12(2)3)5-11-19(16,17)8-4-7(13(14)15)9(10)18-8/h4,6,11H,5,10H2,1-3H3. The Hall–Kier alpha value is -1.23. The van der Waals surface area contributed by atoms with Crippen LogP contribution in [0.4, 0.5) is 10.7 Å². The van der Waals surface area contributed by atoms with E-state index >= 15 is 0 Å². The SMILES string of the molecule is CC(CNS(=O)(=O)c1cc([N+](=O)[O-])c(N)s1)N(C)C. The average Bonchev–Trinajstić information content (AvgIpc) is 2.69. The molecule has 0 aliphatic carbocycles. The maximum Gasteiger partial charge on any atom is 0.304 e. The number of nitrogens with two attached hydrogens (primary N) is 1. The Bertz CT molecular complexity index is 567. The largest absolute Gasteiger partial charge is 0.385 e. The van der Waals surface area contributed by atoms with Gasteiger partial charge in [-0.2, -0.15) is 0 Å². The number of hydrogen-bond acceptors (Lipinski definition) is 7. The summed E-state index contributed by atoms with van der Waals surface area (Å²) in [5.41, 5.74) is 5.04.